The van der Waals surface area contributed by atoms with Crippen molar-refractivity contribution in [3.8, 4) is 0 Å². The van der Waals surface area contributed by atoms with Crippen LogP contribution in [0.3, 0.4) is 0 Å². The van der Waals surface area contributed by atoms with Crippen LogP contribution in [-0.2, 0) is 47.9 Å². The lowest BCUT2D eigenvalue weighted by Crippen LogP contribution is -2.58. The first-order valence-electron chi connectivity index (χ1n) is 26.2. The molecule has 10 amide bonds. The molecule has 0 aromatic heterocycles. The van der Waals surface area contributed by atoms with Crippen LogP contribution in [0.1, 0.15) is 142 Å². The summed E-state index contributed by atoms with van der Waals surface area (Å²) in [6.45, 7) is 4.26. The zero-order chi connectivity index (χ0) is 54.6. The molecule has 0 bridgehead atoms. The predicted molar refractivity (Wildman–Crippen MR) is 281 cm³/mol. The van der Waals surface area contributed by atoms with Crippen LogP contribution in [0.5, 0.6) is 0 Å². The van der Waals surface area contributed by atoms with Gasteiger partial charge in [0.05, 0.1) is 13.1 Å². The second kappa shape index (κ2) is 39.4. The first-order chi connectivity index (χ1) is 34.9. The van der Waals surface area contributed by atoms with E-state index >= 15 is 0 Å². The standard InChI is InChI=1S/C48H90N14O10S/c1-32(2)42-47(71)54-27-15-3-4-16-28-62(30-41(66)57-33(17-7-11-23-49)44(68)55-29-40(65)58-37(31-73)43(53)67)48(72)36(20-10-14-26-52)60-46(70)35(19-9-13-25-51)59-45(69)34(18-8-12-24-50)56-38(63)21-5-6-22-39(64)61-42/h32-37,42,73H,3-31,49-52H2,1-2H3,(H2,53,67)(H,54,71)(H,55,68)(H,56,63)(H,57,66)(H,58,65)(H,59,69)(H,60,70)(H,61,64)/t33-,34-,35-,36-,37-,42-/m0/s1. The Bertz CT molecular complexity index is 1730. The Hall–Kier alpha value is -5.11. The third kappa shape index (κ3) is 28.8. The van der Waals surface area contributed by atoms with Crippen molar-refractivity contribution >= 4 is 71.7 Å². The fraction of sp³-hybridized carbons (Fsp3) is 0.792. The van der Waals surface area contributed by atoms with Gasteiger partial charge in [-0.15, -0.1) is 0 Å². The number of hydrogen-bond acceptors (Lipinski definition) is 15. The van der Waals surface area contributed by atoms with Gasteiger partial charge in [-0.2, -0.15) is 12.6 Å². The molecule has 0 aliphatic carbocycles. The summed E-state index contributed by atoms with van der Waals surface area (Å²) < 4.78 is 0. The maximum Gasteiger partial charge on any atom is 0.245 e. The zero-order valence-corrected chi connectivity index (χ0v) is 44.3. The van der Waals surface area contributed by atoms with Gasteiger partial charge in [-0.05, 0) is 135 Å². The number of hydrogen-bond donors (Lipinski definition) is 14. The molecule has 1 fully saturated rings. The van der Waals surface area contributed by atoms with Crippen LogP contribution in [0, 0.1) is 5.92 Å². The zero-order valence-electron chi connectivity index (χ0n) is 43.4. The first kappa shape index (κ1) is 65.9. The summed E-state index contributed by atoms with van der Waals surface area (Å²) >= 11 is 4.01. The number of nitrogens with two attached hydrogens (primary N) is 5. The van der Waals surface area contributed by atoms with E-state index in [0.29, 0.717) is 123 Å². The molecular weight excluding hydrogens is 965 g/mol. The van der Waals surface area contributed by atoms with E-state index < -0.39 is 96.6 Å². The van der Waals surface area contributed by atoms with Gasteiger partial charge >= 0.3 is 0 Å². The molecule has 0 radical (unpaired) electrons. The lowest BCUT2D eigenvalue weighted by molar-refractivity contribution is -0.141. The number of carbonyl (C=O) groups is 10. The quantitative estimate of drug-likeness (QED) is 0.0320. The van der Waals surface area contributed by atoms with Crippen LogP contribution < -0.4 is 71.2 Å². The Morgan fingerprint density at radius 2 is 1.12 bits per heavy atom. The van der Waals surface area contributed by atoms with Gasteiger partial charge in [0.1, 0.15) is 36.3 Å². The van der Waals surface area contributed by atoms with Crippen molar-refractivity contribution in [1.29, 1.82) is 0 Å². The van der Waals surface area contributed by atoms with Crippen LogP contribution in [0.15, 0.2) is 0 Å². The largest absolute Gasteiger partial charge is 0.368 e. The van der Waals surface area contributed by atoms with Crippen molar-refractivity contribution in [1.82, 2.24) is 47.4 Å². The van der Waals surface area contributed by atoms with Crippen molar-refractivity contribution in [2.45, 2.75) is 179 Å². The average Bonchev–Trinajstić information content (AvgIpc) is 3.35. The smallest absolute Gasteiger partial charge is 0.245 e. The minimum atomic E-state index is -1.17. The molecule has 24 nitrogen and oxygen atoms in total. The maximum absolute atomic E-state index is 14.7. The van der Waals surface area contributed by atoms with Crippen molar-refractivity contribution in [2.75, 3.05) is 58.1 Å². The van der Waals surface area contributed by atoms with E-state index in [4.69, 9.17) is 28.7 Å². The highest BCUT2D eigenvalue weighted by molar-refractivity contribution is 7.80. The molecule has 73 heavy (non-hydrogen) atoms. The van der Waals surface area contributed by atoms with E-state index in [1.54, 1.807) is 0 Å². The highest BCUT2D eigenvalue weighted by atomic mass is 32.1. The van der Waals surface area contributed by atoms with Gasteiger partial charge < -0.3 is 76.1 Å². The summed E-state index contributed by atoms with van der Waals surface area (Å²) in [5.74, 6) is -6.17. The van der Waals surface area contributed by atoms with Crippen LogP contribution in [0.2, 0.25) is 0 Å². The Kier molecular flexibility index (Phi) is 35.5. The number of nitrogens with one attached hydrogen (secondary N) is 8. The molecule has 6 atom stereocenters. The molecule has 1 heterocycles. The van der Waals surface area contributed by atoms with E-state index in [1.807, 2.05) is 13.8 Å². The minimum absolute atomic E-state index is 0.0153. The number of nitrogens with zero attached hydrogens (tertiary/aromatic N) is 1. The van der Waals surface area contributed by atoms with Crippen molar-refractivity contribution in [3.63, 3.8) is 0 Å². The lowest BCUT2D eigenvalue weighted by Gasteiger charge is -2.30. The highest BCUT2D eigenvalue weighted by Gasteiger charge is 2.33. The average molecular weight is 1060 g/mol. The van der Waals surface area contributed by atoms with Crippen LogP contribution in [0.25, 0.3) is 0 Å². The van der Waals surface area contributed by atoms with E-state index in [0.717, 1.165) is 0 Å². The van der Waals surface area contributed by atoms with E-state index in [9.17, 15) is 47.9 Å². The molecule has 0 saturated carbocycles. The maximum atomic E-state index is 14.7. The summed E-state index contributed by atoms with van der Waals surface area (Å²) in [4.78, 5) is 135. The fourth-order valence-corrected chi connectivity index (χ4v) is 8.22. The Balaban J connectivity index is 3.65. The molecule has 0 spiro atoms. The molecule has 0 aromatic rings. The highest BCUT2D eigenvalue weighted by Crippen LogP contribution is 2.13. The predicted octanol–water partition coefficient (Wildman–Crippen LogP) is -2.32. The second-order valence-corrected chi connectivity index (χ2v) is 19.2. The Morgan fingerprint density at radius 1 is 0.616 bits per heavy atom. The molecule has 1 aliphatic heterocycles. The first-order valence-corrected chi connectivity index (χ1v) is 26.9. The van der Waals surface area contributed by atoms with Crippen molar-refractivity contribution in [2.24, 2.45) is 34.6 Å². The van der Waals surface area contributed by atoms with Gasteiger partial charge in [0, 0.05) is 31.7 Å². The topological polar surface area (TPSA) is 400 Å². The molecule has 1 rings (SSSR count). The molecule has 25 heteroatoms. The van der Waals surface area contributed by atoms with Gasteiger partial charge in [0.15, 0.2) is 0 Å². The summed E-state index contributed by atoms with van der Waals surface area (Å²) in [7, 11) is 0. The molecule has 18 N–H and O–H groups in total. The summed E-state index contributed by atoms with van der Waals surface area (Å²) in [6.07, 6.45) is 7.55. The van der Waals surface area contributed by atoms with E-state index in [-0.39, 0.29) is 68.6 Å². The van der Waals surface area contributed by atoms with Gasteiger partial charge in [-0.1, -0.05) is 26.7 Å². The van der Waals surface area contributed by atoms with E-state index in [2.05, 4.69) is 55.2 Å². The van der Waals surface area contributed by atoms with Crippen LogP contribution in [0.4, 0.5) is 0 Å². The number of primary amides is 1. The monoisotopic (exact) mass is 1050 g/mol. The van der Waals surface area contributed by atoms with Crippen LogP contribution in [-0.4, -0.2) is 158 Å². The normalized spacial score (nSPS) is 20.6. The lowest BCUT2D eigenvalue weighted by atomic mass is 10.0. The van der Waals surface area contributed by atoms with Gasteiger partial charge in [0.2, 0.25) is 59.1 Å². The minimum Gasteiger partial charge on any atom is -0.368 e. The van der Waals surface area contributed by atoms with Gasteiger partial charge in [-0.3, -0.25) is 47.9 Å². The van der Waals surface area contributed by atoms with Crippen molar-refractivity contribution < 1.29 is 47.9 Å². The summed E-state index contributed by atoms with van der Waals surface area (Å²) in [5, 5.41) is 21.7. The molecule has 1 saturated heterocycles. The van der Waals surface area contributed by atoms with Crippen LogP contribution >= 0.6 is 12.6 Å². The third-order valence-electron chi connectivity index (χ3n) is 12.2. The van der Waals surface area contributed by atoms with Gasteiger partial charge in [0.25, 0.3) is 0 Å². The molecule has 0 aromatic carbocycles. The molecular formula is C48H90N14O10S. The molecule has 1 aliphatic rings. The molecule has 418 valence electrons. The Morgan fingerprint density at radius 3 is 1.67 bits per heavy atom. The molecule has 0 unspecified atom stereocenters. The summed E-state index contributed by atoms with van der Waals surface area (Å²) in [6, 6.07) is -6.35. The number of unbranched alkanes of at least 4 members (excludes halogenated alkanes) is 4. The second-order valence-electron chi connectivity index (χ2n) is 18.9. The number of thiol groups is 1. The third-order valence-corrected chi connectivity index (χ3v) is 12.6. The fourth-order valence-electron chi connectivity index (χ4n) is 7.94. The number of carbonyl (C=O) groups excluding carboxylic acids is 10. The van der Waals surface area contributed by atoms with E-state index in [1.165, 1.54) is 4.90 Å². The van der Waals surface area contributed by atoms with Crippen molar-refractivity contribution in [3.05, 3.63) is 0 Å². The number of amides is 10. The SMILES string of the molecule is CC(C)[C@@H]1NC(=O)CCCCC(=O)N[C@@H](CCCCN)C(=O)N[C@@H](CCCCN)C(=O)N[C@@H](CCCCN)C(=O)N(CC(=O)N[C@@H](CCCCN)C(=O)NCC(=O)N[C@@H](CS)C(N)=O)CCCCCCNC1=O. The Labute approximate surface area is 437 Å². The number of rotatable bonds is 26. The summed E-state index contributed by atoms with van der Waals surface area (Å²) in [5.41, 5.74) is 28.4. The van der Waals surface area contributed by atoms with Gasteiger partial charge in [-0.25, -0.2) is 0 Å².